The third kappa shape index (κ3) is 4.98. The van der Waals surface area contributed by atoms with Crippen molar-refractivity contribution in [1.29, 1.82) is 0 Å². The molecule has 2 unspecified atom stereocenters. The second kappa shape index (κ2) is 9.67. The minimum atomic E-state index is -3.64. The highest BCUT2D eigenvalue weighted by molar-refractivity contribution is 7.89. The molecule has 0 bridgehead atoms. The molecule has 3 aromatic rings. The van der Waals surface area contributed by atoms with Crippen molar-refractivity contribution >= 4 is 22.2 Å². The molecule has 182 valence electrons. The van der Waals surface area contributed by atoms with Crippen molar-refractivity contribution in [2.45, 2.75) is 37.6 Å². The predicted molar refractivity (Wildman–Crippen MR) is 130 cm³/mol. The minimum absolute atomic E-state index is 0.0875. The van der Waals surface area contributed by atoms with Gasteiger partial charge in [-0.15, -0.1) is 5.10 Å². The zero-order valence-electron chi connectivity index (χ0n) is 19.6. The number of nitrogens with zero attached hydrogens (tertiary/aromatic N) is 5. The molecule has 2 aromatic carbocycles. The quantitative estimate of drug-likeness (QED) is 0.478. The number of halogens is 1. The van der Waals surface area contributed by atoms with E-state index in [4.69, 9.17) is 22.1 Å². The summed E-state index contributed by atoms with van der Waals surface area (Å²) < 4.78 is 49.9. The minimum Gasteiger partial charge on any atom is -0.373 e. The van der Waals surface area contributed by atoms with Crippen LogP contribution in [0, 0.1) is 10.6 Å². The van der Waals surface area contributed by atoms with E-state index in [0.717, 1.165) is 17.4 Å². The maximum Gasteiger partial charge on any atom is 0.242 e. The Hall–Kier alpha value is -2.44. The smallest absolute Gasteiger partial charge is 0.242 e. The van der Waals surface area contributed by atoms with E-state index in [2.05, 4.69) is 4.90 Å². The molecule has 0 amide bonds. The van der Waals surface area contributed by atoms with E-state index in [1.807, 2.05) is 13.8 Å². The fraction of sp³-hybridized carbons (Fsp3) is 0.391. The number of benzene rings is 2. The summed E-state index contributed by atoms with van der Waals surface area (Å²) in [7, 11) is -0.663. The number of morpholine rings is 1. The third-order valence-electron chi connectivity index (χ3n) is 5.62. The highest BCUT2D eigenvalue weighted by Crippen LogP contribution is 2.26. The van der Waals surface area contributed by atoms with Gasteiger partial charge in [0.1, 0.15) is 5.82 Å². The summed E-state index contributed by atoms with van der Waals surface area (Å²) in [6.07, 6.45) is 0.175. The number of hydrogen-bond donors (Lipinski definition) is 0. The first-order chi connectivity index (χ1) is 16.1. The van der Waals surface area contributed by atoms with Crippen LogP contribution < -0.4 is 0 Å². The van der Waals surface area contributed by atoms with E-state index in [1.54, 1.807) is 45.6 Å². The van der Waals surface area contributed by atoms with Crippen LogP contribution in [0.2, 0.25) is 0 Å². The average molecular weight is 506 g/mol. The van der Waals surface area contributed by atoms with E-state index >= 15 is 0 Å². The van der Waals surface area contributed by atoms with Gasteiger partial charge in [0.25, 0.3) is 0 Å². The van der Waals surface area contributed by atoms with Gasteiger partial charge in [-0.2, -0.15) is 0 Å². The van der Waals surface area contributed by atoms with Crippen molar-refractivity contribution < 1.29 is 17.5 Å². The monoisotopic (exact) mass is 505 g/mol. The number of sulfonamides is 1. The Kier molecular flexibility index (Phi) is 7.02. The van der Waals surface area contributed by atoms with Gasteiger partial charge in [0.05, 0.1) is 29.5 Å². The maximum atomic E-state index is 13.6. The van der Waals surface area contributed by atoms with Gasteiger partial charge >= 0.3 is 0 Å². The molecule has 1 aliphatic rings. The molecule has 2 atom stereocenters. The van der Waals surface area contributed by atoms with E-state index in [1.165, 1.54) is 26.2 Å². The molecule has 34 heavy (non-hydrogen) atoms. The van der Waals surface area contributed by atoms with Crippen LogP contribution in [-0.2, 0) is 21.4 Å². The lowest BCUT2D eigenvalue weighted by Crippen LogP contribution is -2.46. The van der Waals surface area contributed by atoms with Gasteiger partial charge in [0.2, 0.25) is 14.8 Å². The topological polar surface area (TPSA) is 72.6 Å². The normalized spacial score (nSPS) is 19.6. The van der Waals surface area contributed by atoms with Crippen molar-refractivity contribution in [3.63, 3.8) is 0 Å². The molecule has 11 heteroatoms. The van der Waals surface area contributed by atoms with Crippen LogP contribution in [0.4, 0.5) is 4.39 Å². The van der Waals surface area contributed by atoms with E-state index in [9.17, 15) is 12.8 Å². The Balaban J connectivity index is 1.83. The molecule has 1 aromatic heterocycles. The SMILES string of the molecule is CC1CN(Cn2nc(-c3cccc(S(=O)(=O)N(C)C)c3)n(-c3ccc(F)cc3)c2=S)CC(C)O1. The molecule has 0 N–H and O–H groups in total. The highest BCUT2D eigenvalue weighted by atomic mass is 32.2. The lowest BCUT2D eigenvalue weighted by Gasteiger charge is -2.34. The fourth-order valence-corrected chi connectivity index (χ4v) is 5.34. The summed E-state index contributed by atoms with van der Waals surface area (Å²) in [5.74, 6) is 0.112. The third-order valence-corrected chi connectivity index (χ3v) is 7.83. The lowest BCUT2D eigenvalue weighted by atomic mass is 10.2. The number of rotatable bonds is 6. The van der Waals surface area contributed by atoms with Crippen molar-refractivity contribution in [3.05, 3.63) is 59.1 Å². The van der Waals surface area contributed by atoms with Crippen molar-refractivity contribution in [2.75, 3.05) is 27.2 Å². The zero-order chi connectivity index (χ0) is 24.6. The van der Waals surface area contributed by atoms with E-state index in [0.29, 0.717) is 28.5 Å². The highest BCUT2D eigenvalue weighted by Gasteiger charge is 2.25. The Labute approximate surface area is 204 Å². The summed E-state index contributed by atoms with van der Waals surface area (Å²) in [4.78, 5) is 2.37. The Morgan fingerprint density at radius 3 is 2.38 bits per heavy atom. The van der Waals surface area contributed by atoms with Crippen molar-refractivity contribution in [2.24, 2.45) is 0 Å². The maximum absolute atomic E-state index is 13.6. The molecule has 0 aliphatic carbocycles. The van der Waals surface area contributed by atoms with Crippen LogP contribution in [0.5, 0.6) is 0 Å². The molecule has 1 saturated heterocycles. The molecular formula is C23H28FN5O3S2. The van der Waals surface area contributed by atoms with Gasteiger partial charge in [-0.1, -0.05) is 12.1 Å². The summed E-state index contributed by atoms with van der Waals surface area (Å²) in [5, 5.41) is 4.78. The van der Waals surface area contributed by atoms with Crippen LogP contribution in [0.25, 0.3) is 17.1 Å². The van der Waals surface area contributed by atoms with E-state index in [-0.39, 0.29) is 22.9 Å². The van der Waals surface area contributed by atoms with Gasteiger partial charge in [0, 0.05) is 32.7 Å². The first kappa shape index (κ1) is 24.7. The second-order valence-electron chi connectivity index (χ2n) is 8.67. The number of hydrogen-bond acceptors (Lipinski definition) is 6. The van der Waals surface area contributed by atoms with Gasteiger partial charge in [0.15, 0.2) is 5.82 Å². The van der Waals surface area contributed by atoms with Crippen LogP contribution in [-0.4, -0.2) is 71.4 Å². The summed E-state index contributed by atoms with van der Waals surface area (Å²) >= 11 is 5.79. The Morgan fingerprint density at radius 2 is 1.76 bits per heavy atom. The molecular weight excluding hydrogens is 477 g/mol. The fourth-order valence-electron chi connectivity index (χ4n) is 4.11. The van der Waals surface area contributed by atoms with Crippen molar-refractivity contribution in [3.8, 4) is 17.1 Å². The van der Waals surface area contributed by atoms with E-state index < -0.39 is 10.0 Å². The molecule has 0 radical (unpaired) electrons. The summed E-state index contributed by atoms with van der Waals surface area (Å²) in [6, 6.07) is 12.6. The number of ether oxygens (including phenoxy) is 1. The molecule has 1 aliphatic heterocycles. The molecule has 8 nitrogen and oxygen atoms in total. The first-order valence-electron chi connectivity index (χ1n) is 10.9. The van der Waals surface area contributed by atoms with Crippen LogP contribution in [0.3, 0.4) is 0 Å². The predicted octanol–water partition coefficient (Wildman–Crippen LogP) is 3.53. The first-order valence-corrected chi connectivity index (χ1v) is 12.8. The molecule has 4 rings (SSSR count). The average Bonchev–Trinajstić information content (AvgIpc) is 3.09. The molecule has 1 fully saturated rings. The van der Waals surface area contributed by atoms with Gasteiger partial charge < -0.3 is 4.74 Å². The molecule has 0 spiro atoms. The largest absolute Gasteiger partial charge is 0.373 e. The second-order valence-corrected chi connectivity index (χ2v) is 11.2. The Morgan fingerprint density at radius 1 is 1.12 bits per heavy atom. The summed E-state index contributed by atoms with van der Waals surface area (Å²) in [5.41, 5.74) is 1.22. The Bertz CT molecular complexity index is 1330. The molecule has 0 saturated carbocycles. The van der Waals surface area contributed by atoms with Crippen LogP contribution in [0.15, 0.2) is 53.4 Å². The molecule has 2 heterocycles. The van der Waals surface area contributed by atoms with Crippen LogP contribution in [0.1, 0.15) is 13.8 Å². The van der Waals surface area contributed by atoms with Gasteiger partial charge in [-0.25, -0.2) is 21.8 Å². The zero-order valence-corrected chi connectivity index (χ0v) is 21.2. The van der Waals surface area contributed by atoms with Crippen LogP contribution >= 0.6 is 12.2 Å². The summed E-state index contributed by atoms with van der Waals surface area (Å²) in [6.45, 7) is 5.99. The van der Waals surface area contributed by atoms with Gasteiger partial charge in [-0.05, 0) is 62.5 Å². The number of aromatic nitrogens is 3. The van der Waals surface area contributed by atoms with Gasteiger partial charge in [-0.3, -0.25) is 9.47 Å². The van der Waals surface area contributed by atoms with Crippen molar-refractivity contribution in [1.82, 2.24) is 23.6 Å². The lowest BCUT2D eigenvalue weighted by molar-refractivity contribution is -0.0777. The standard InChI is InChI=1S/C23H28FN5O3S2/c1-16-13-27(14-17(2)32-16)15-28-23(33)29(20-10-8-19(24)9-11-20)22(25-28)18-6-5-7-21(12-18)34(30,31)26(3)4/h5-12,16-17H,13-15H2,1-4H3.